The molecule has 0 saturated carbocycles. The molecule has 7 heteroatoms. The maximum Gasteiger partial charge on any atom is 0.269 e. The molecule has 0 spiro atoms. The van der Waals surface area contributed by atoms with Crippen LogP contribution in [0.4, 0.5) is 5.82 Å². The molecule has 0 radical (unpaired) electrons. The zero-order valence-electron chi connectivity index (χ0n) is 18.9. The number of anilines is 1. The molecule has 1 aliphatic heterocycles. The van der Waals surface area contributed by atoms with Crippen LogP contribution in [-0.2, 0) is 16.0 Å². The van der Waals surface area contributed by atoms with Crippen LogP contribution in [-0.4, -0.2) is 34.3 Å². The molecule has 0 aliphatic carbocycles. The SMILES string of the molecule is CCc1c([C@@H](C)N(C)C(=O)C=Cc2cnc3c(c2)OC(C)(C)C(=O)N3)oc2ccccc12. The van der Waals surface area contributed by atoms with E-state index >= 15 is 0 Å². The number of ether oxygens (including phenoxy) is 1. The molecule has 7 nitrogen and oxygen atoms in total. The van der Waals surface area contributed by atoms with E-state index in [2.05, 4.69) is 17.2 Å². The topological polar surface area (TPSA) is 84.7 Å². The van der Waals surface area contributed by atoms with Gasteiger partial charge in [-0.05, 0) is 51.0 Å². The van der Waals surface area contributed by atoms with Crippen molar-refractivity contribution in [2.45, 2.75) is 45.8 Å². The quantitative estimate of drug-likeness (QED) is 0.588. The number of rotatable bonds is 5. The van der Waals surface area contributed by atoms with Gasteiger partial charge in [0.05, 0.1) is 6.04 Å². The minimum atomic E-state index is -0.980. The highest BCUT2D eigenvalue weighted by Crippen LogP contribution is 2.34. The third-order valence-corrected chi connectivity index (χ3v) is 5.83. The number of furan rings is 1. The highest BCUT2D eigenvalue weighted by atomic mass is 16.5. The number of likely N-dealkylation sites (N-methyl/N-ethyl adjacent to an activating group) is 1. The van der Waals surface area contributed by atoms with Gasteiger partial charge in [-0.3, -0.25) is 9.59 Å². The Morgan fingerprint density at radius 1 is 1.31 bits per heavy atom. The zero-order chi connectivity index (χ0) is 23.0. The Kier molecular flexibility index (Phi) is 5.50. The van der Waals surface area contributed by atoms with E-state index in [1.54, 1.807) is 44.1 Å². The summed E-state index contributed by atoms with van der Waals surface area (Å²) in [6.07, 6.45) is 5.59. The summed E-state index contributed by atoms with van der Waals surface area (Å²) in [4.78, 5) is 30.8. The van der Waals surface area contributed by atoms with Crippen molar-refractivity contribution < 1.29 is 18.7 Å². The number of carbonyl (C=O) groups excluding carboxylic acids is 2. The van der Waals surface area contributed by atoms with Crippen molar-refractivity contribution in [3.63, 3.8) is 0 Å². The highest BCUT2D eigenvalue weighted by Gasteiger charge is 2.36. The summed E-state index contributed by atoms with van der Waals surface area (Å²) >= 11 is 0. The number of fused-ring (bicyclic) bond motifs is 2. The number of aryl methyl sites for hydroxylation is 1. The van der Waals surface area contributed by atoms with Crippen molar-refractivity contribution in [1.29, 1.82) is 0 Å². The van der Waals surface area contributed by atoms with Gasteiger partial charge in [0, 0.05) is 30.3 Å². The van der Waals surface area contributed by atoms with Gasteiger partial charge >= 0.3 is 0 Å². The Morgan fingerprint density at radius 3 is 2.81 bits per heavy atom. The van der Waals surface area contributed by atoms with Crippen LogP contribution in [0.15, 0.2) is 47.0 Å². The summed E-state index contributed by atoms with van der Waals surface area (Å²) in [5.74, 6) is 1.25. The molecule has 0 fully saturated rings. The van der Waals surface area contributed by atoms with E-state index in [4.69, 9.17) is 9.15 Å². The molecule has 1 atom stereocenters. The van der Waals surface area contributed by atoms with Crippen LogP contribution in [0, 0.1) is 0 Å². The number of hydrogen-bond donors (Lipinski definition) is 1. The van der Waals surface area contributed by atoms with E-state index in [9.17, 15) is 9.59 Å². The second-order valence-corrected chi connectivity index (χ2v) is 8.43. The highest BCUT2D eigenvalue weighted by molar-refractivity contribution is 5.99. The Balaban J connectivity index is 1.53. The van der Waals surface area contributed by atoms with Gasteiger partial charge in [-0.1, -0.05) is 25.1 Å². The van der Waals surface area contributed by atoms with Crippen molar-refractivity contribution >= 4 is 34.7 Å². The third-order valence-electron chi connectivity index (χ3n) is 5.83. The minimum absolute atomic E-state index is 0.160. The summed E-state index contributed by atoms with van der Waals surface area (Å²) < 4.78 is 11.9. The number of nitrogens with one attached hydrogen (secondary N) is 1. The van der Waals surface area contributed by atoms with Crippen molar-refractivity contribution in [3.05, 3.63) is 59.5 Å². The molecular weight excluding hydrogens is 406 g/mol. The molecular formula is C25H27N3O4. The molecule has 4 rings (SSSR count). The monoisotopic (exact) mass is 433 g/mol. The maximum absolute atomic E-state index is 12.9. The molecule has 0 unspecified atom stereocenters. The van der Waals surface area contributed by atoms with E-state index in [0.717, 1.165) is 28.7 Å². The maximum atomic E-state index is 12.9. The van der Waals surface area contributed by atoms with E-state index in [-0.39, 0.29) is 17.9 Å². The van der Waals surface area contributed by atoms with Crippen LogP contribution in [0.3, 0.4) is 0 Å². The van der Waals surface area contributed by atoms with Gasteiger partial charge in [-0.25, -0.2) is 4.98 Å². The number of nitrogens with zero attached hydrogens (tertiary/aromatic N) is 2. The number of carbonyl (C=O) groups is 2. The van der Waals surface area contributed by atoms with Crippen LogP contribution < -0.4 is 10.1 Å². The lowest BCUT2D eigenvalue weighted by Crippen LogP contribution is -2.46. The van der Waals surface area contributed by atoms with Crippen molar-refractivity contribution in [2.75, 3.05) is 12.4 Å². The molecule has 2 aromatic heterocycles. The number of aromatic nitrogens is 1. The second kappa shape index (κ2) is 8.15. The van der Waals surface area contributed by atoms with Crippen LogP contribution in [0.2, 0.25) is 0 Å². The average molecular weight is 434 g/mol. The summed E-state index contributed by atoms with van der Waals surface area (Å²) in [6.45, 7) is 7.43. The first-order chi connectivity index (χ1) is 15.2. The first kappa shape index (κ1) is 21.6. The largest absolute Gasteiger partial charge is 0.474 e. The van der Waals surface area contributed by atoms with E-state index in [0.29, 0.717) is 17.1 Å². The van der Waals surface area contributed by atoms with Crippen molar-refractivity contribution in [2.24, 2.45) is 0 Å². The zero-order valence-corrected chi connectivity index (χ0v) is 18.9. The number of hydrogen-bond acceptors (Lipinski definition) is 5. The summed E-state index contributed by atoms with van der Waals surface area (Å²) in [7, 11) is 1.76. The van der Waals surface area contributed by atoms with Crippen molar-refractivity contribution in [3.8, 4) is 5.75 Å². The molecule has 1 aliphatic rings. The average Bonchev–Trinajstić information content (AvgIpc) is 3.15. The summed E-state index contributed by atoms with van der Waals surface area (Å²) in [5.41, 5.74) is 1.67. The van der Waals surface area contributed by atoms with E-state index in [1.165, 1.54) is 6.08 Å². The van der Waals surface area contributed by atoms with E-state index < -0.39 is 5.60 Å². The smallest absolute Gasteiger partial charge is 0.269 e. The Bertz CT molecular complexity index is 1230. The minimum Gasteiger partial charge on any atom is -0.474 e. The van der Waals surface area contributed by atoms with Crippen LogP contribution >= 0.6 is 0 Å². The van der Waals surface area contributed by atoms with Gasteiger partial charge in [-0.2, -0.15) is 0 Å². The fourth-order valence-corrected chi connectivity index (χ4v) is 3.77. The number of pyridine rings is 1. The van der Waals surface area contributed by atoms with Gasteiger partial charge < -0.3 is 19.4 Å². The molecule has 3 heterocycles. The first-order valence-corrected chi connectivity index (χ1v) is 10.7. The summed E-state index contributed by atoms with van der Waals surface area (Å²) in [6, 6.07) is 9.46. The lowest BCUT2D eigenvalue weighted by atomic mass is 10.0. The van der Waals surface area contributed by atoms with Crippen LogP contribution in [0.25, 0.3) is 17.0 Å². The molecule has 32 heavy (non-hydrogen) atoms. The Hall–Kier alpha value is -3.61. The van der Waals surface area contributed by atoms with Gasteiger partial charge in [0.15, 0.2) is 17.2 Å². The fraction of sp³-hybridized carbons (Fsp3) is 0.320. The molecule has 1 aromatic carbocycles. The second-order valence-electron chi connectivity index (χ2n) is 8.43. The first-order valence-electron chi connectivity index (χ1n) is 10.7. The molecule has 0 bridgehead atoms. The standard InChI is InChI=1S/C25H27N3O4/c1-6-17-18-9-7-8-10-19(18)31-22(17)15(2)28(5)21(29)12-11-16-13-20-23(26-14-16)27-24(30)25(3,4)32-20/h7-15H,6H2,1-5H3,(H,26,27,30)/t15-/m1/s1. The van der Waals surface area contributed by atoms with Crippen LogP contribution in [0.1, 0.15) is 50.6 Å². The number of para-hydroxylation sites is 1. The van der Waals surface area contributed by atoms with Crippen LogP contribution in [0.5, 0.6) is 5.75 Å². The van der Waals surface area contributed by atoms with Crippen molar-refractivity contribution in [1.82, 2.24) is 9.88 Å². The predicted molar refractivity (Wildman–Crippen MR) is 123 cm³/mol. The molecule has 166 valence electrons. The van der Waals surface area contributed by atoms with Gasteiger partial charge in [0.2, 0.25) is 5.91 Å². The Morgan fingerprint density at radius 2 is 2.06 bits per heavy atom. The summed E-state index contributed by atoms with van der Waals surface area (Å²) in [5, 5.41) is 3.82. The third kappa shape index (κ3) is 3.86. The Labute approximate surface area is 187 Å². The van der Waals surface area contributed by atoms with Gasteiger partial charge in [-0.15, -0.1) is 0 Å². The molecule has 2 amide bonds. The molecule has 1 N–H and O–H groups in total. The predicted octanol–water partition coefficient (Wildman–Crippen LogP) is 4.73. The number of amides is 2. The van der Waals surface area contributed by atoms with E-state index in [1.807, 2.05) is 31.2 Å². The van der Waals surface area contributed by atoms with Gasteiger partial charge in [0.25, 0.3) is 5.91 Å². The normalized spacial score (nSPS) is 15.8. The fourth-order valence-electron chi connectivity index (χ4n) is 3.77. The lowest BCUT2D eigenvalue weighted by molar-refractivity contribution is -0.129. The van der Waals surface area contributed by atoms with Gasteiger partial charge in [0.1, 0.15) is 11.3 Å². The lowest BCUT2D eigenvalue weighted by Gasteiger charge is -2.30. The molecule has 3 aromatic rings. The molecule has 0 saturated heterocycles. The number of benzene rings is 1.